The summed E-state index contributed by atoms with van der Waals surface area (Å²) >= 11 is 0. The van der Waals surface area contributed by atoms with Gasteiger partial charge in [0.1, 0.15) is 6.54 Å². The van der Waals surface area contributed by atoms with Gasteiger partial charge in [-0.05, 0) is 18.8 Å². The molecule has 2 amide bonds. The first-order chi connectivity index (χ1) is 8.51. The topological polar surface area (TPSA) is 81.1 Å². The molecule has 0 aliphatic carbocycles. The first-order valence-electron chi connectivity index (χ1n) is 6.39. The third kappa shape index (κ3) is 3.35. The average molecular weight is 258 g/mol. The number of likely N-dealkylation sites (tertiary alicyclic amines) is 1. The number of carboxylic acids is 1. The second kappa shape index (κ2) is 6.58. The lowest BCUT2D eigenvalue weighted by Crippen LogP contribution is -2.49. The van der Waals surface area contributed by atoms with Crippen LogP contribution in [0.25, 0.3) is 0 Å². The zero-order chi connectivity index (χ0) is 13.7. The molecule has 1 rings (SSSR count). The molecule has 1 heterocycles. The Morgan fingerprint density at radius 3 is 2.61 bits per heavy atom. The highest BCUT2D eigenvalue weighted by Gasteiger charge is 2.36. The van der Waals surface area contributed by atoms with Crippen molar-refractivity contribution in [3.8, 4) is 0 Å². The Balaban J connectivity index is 2.72. The van der Waals surface area contributed by atoms with Crippen LogP contribution in [0.5, 0.6) is 0 Å². The molecule has 0 aromatic heterocycles. The summed E-state index contributed by atoms with van der Waals surface area (Å²) in [4.78, 5) is 26.0. The van der Waals surface area contributed by atoms with Gasteiger partial charge in [-0.3, -0.25) is 4.79 Å². The number of carbonyl (C=O) groups excluding carboxylic acids is 1. The number of nitrogens with zero attached hydrogens (tertiary/aromatic N) is 2. The fourth-order valence-corrected chi connectivity index (χ4v) is 2.38. The maximum Gasteiger partial charge on any atom is 0.323 e. The molecule has 0 radical (unpaired) electrons. The molecule has 104 valence electrons. The number of amides is 2. The van der Waals surface area contributed by atoms with Crippen LogP contribution in [0.15, 0.2) is 0 Å². The molecule has 1 saturated heterocycles. The number of aliphatic hydroxyl groups excluding tert-OH is 1. The minimum atomic E-state index is -1.01. The third-order valence-corrected chi connectivity index (χ3v) is 3.41. The lowest BCUT2D eigenvalue weighted by Gasteiger charge is -2.31. The van der Waals surface area contributed by atoms with Gasteiger partial charge in [0.15, 0.2) is 0 Å². The number of urea groups is 1. The monoisotopic (exact) mass is 258 g/mol. The number of rotatable bonds is 5. The molecule has 1 aliphatic heterocycles. The molecular weight excluding hydrogens is 236 g/mol. The Bertz CT molecular complexity index is 308. The van der Waals surface area contributed by atoms with Gasteiger partial charge in [-0.25, -0.2) is 4.79 Å². The van der Waals surface area contributed by atoms with Gasteiger partial charge in [0.2, 0.25) is 0 Å². The summed E-state index contributed by atoms with van der Waals surface area (Å²) in [7, 11) is 0. The van der Waals surface area contributed by atoms with Crippen molar-refractivity contribution >= 4 is 12.0 Å². The van der Waals surface area contributed by atoms with Crippen molar-refractivity contribution < 1.29 is 19.8 Å². The fraction of sp³-hybridized carbons (Fsp3) is 0.833. The van der Waals surface area contributed by atoms with Gasteiger partial charge in [0.25, 0.3) is 0 Å². The van der Waals surface area contributed by atoms with E-state index in [-0.39, 0.29) is 31.1 Å². The van der Waals surface area contributed by atoms with Crippen molar-refractivity contribution in [3.05, 3.63) is 0 Å². The number of aliphatic hydroxyl groups is 1. The van der Waals surface area contributed by atoms with Crippen molar-refractivity contribution in [3.63, 3.8) is 0 Å². The van der Waals surface area contributed by atoms with Crippen molar-refractivity contribution in [1.82, 2.24) is 9.80 Å². The van der Waals surface area contributed by atoms with Crippen molar-refractivity contribution in [2.75, 3.05) is 26.2 Å². The van der Waals surface area contributed by atoms with Crippen LogP contribution in [0.1, 0.15) is 26.7 Å². The van der Waals surface area contributed by atoms with E-state index in [1.54, 1.807) is 4.90 Å². The normalized spacial score (nSPS) is 23.2. The van der Waals surface area contributed by atoms with Gasteiger partial charge in [-0.15, -0.1) is 0 Å². The second-order valence-electron chi connectivity index (χ2n) is 4.81. The standard InChI is InChI=1S/C12H22N2O4/c1-3-5-13(7-11(16)17)12(18)14-6-4-9(2)10(14)8-15/h9-10,15H,3-8H2,1-2H3,(H,16,17). The van der Waals surface area contributed by atoms with E-state index in [9.17, 15) is 14.7 Å². The summed E-state index contributed by atoms with van der Waals surface area (Å²) in [6.45, 7) is 4.56. The van der Waals surface area contributed by atoms with Gasteiger partial charge >= 0.3 is 12.0 Å². The molecule has 0 bridgehead atoms. The third-order valence-electron chi connectivity index (χ3n) is 3.41. The van der Waals surface area contributed by atoms with Gasteiger partial charge in [-0.1, -0.05) is 13.8 Å². The maximum absolute atomic E-state index is 12.3. The summed E-state index contributed by atoms with van der Waals surface area (Å²) in [5.41, 5.74) is 0. The quantitative estimate of drug-likeness (QED) is 0.757. The van der Waals surface area contributed by atoms with E-state index >= 15 is 0 Å². The van der Waals surface area contributed by atoms with Gasteiger partial charge in [0.05, 0.1) is 12.6 Å². The SMILES string of the molecule is CCCN(CC(=O)O)C(=O)N1CCC(C)C1CO. The molecule has 0 aromatic carbocycles. The highest BCUT2D eigenvalue weighted by atomic mass is 16.4. The molecule has 1 fully saturated rings. The minimum Gasteiger partial charge on any atom is -0.480 e. The zero-order valence-corrected chi connectivity index (χ0v) is 11.0. The van der Waals surface area contributed by atoms with E-state index in [1.807, 2.05) is 13.8 Å². The van der Waals surface area contributed by atoms with E-state index in [1.165, 1.54) is 4.90 Å². The van der Waals surface area contributed by atoms with Crippen LogP contribution in [0.2, 0.25) is 0 Å². The molecule has 6 heteroatoms. The zero-order valence-electron chi connectivity index (χ0n) is 11.0. The summed E-state index contributed by atoms with van der Waals surface area (Å²) in [6.07, 6.45) is 1.57. The van der Waals surface area contributed by atoms with Gasteiger partial charge < -0.3 is 20.0 Å². The number of carboxylic acid groups (broad SMARTS) is 1. The maximum atomic E-state index is 12.3. The van der Waals surface area contributed by atoms with Crippen LogP contribution < -0.4 is 0 Å². The number of hydrogen-bond acceptors (Lipinski definition) is 3. The second-order valence-corrected chi connectivity index (χ2v) is 4.81. The molecule has 1 aliphatic rings. The molecule has 2 unspecified atom stereocenters. The minimum absolute atomic E-state index is 0.0695. The molecule has 2 N–H and O–H groups in total. The van der Waals surface area contributed by atoms with Crippen LogP contribution >= 0.6 is 0 Å². The van der Waals surface area contributed by atoms with Crippen LogP contribution in [0.4, 0.5) is 4.79 Å². The fourth-order valence-electron chi connectivity index (χ4n) is 2.38. The van der Waals surface area contributed by atoms with E-state index in [0.29, 0.717) is 19.5 Å². The van der Waals surface area contributed by atoms with Crippen molar-refractivity contribution in [2.24, 2.45) is 5.92 Å². The highest BCUT2D eigenvalue weighted by molar-refractivity contribution is 5.80. The van der Waals surface area contributed by atoms with E-state index < -0.39 is 5.97 Å². The predicted octanol–water partition coefficient (Wildman–Crippen LogP) is 0.606. The van der Waals surface area contributed by atoms with Crippen LogP contribution in [0, 0.1) is 5.92 Å². The molecule has 0 saturated carbocycles. The first kappa shape index (κ1) is 14.8. The highest BCUT2D eigenvalue weighted by Crippen LogP contribution is 2.24. The Hall–Kier alpha value is -1.30. The lowest BCUT2D eigenvalue weighted by atomic mass is 10.0. The lowest BCUT2D eigenvalue weighted by molar-refractivity contribution is -0.137. The average Bonchev–Trinajstić information content (AvgIpc) is 2.68. The largest absolute Gasteiger partial charge is 0.480 e. The number of hydrogen-bond donors (Lipinski definition) is 2. The smallest absolute Gasteiger partial charge is 0.323 e. The Morgan fingerprint density at radius 1 is 1.44 bits per heavy atom. The van der Waals surface area contributed by atoms with Crippen LogP contribution in [0.3, 0.4) is 0 Å². The first-order valence-corrected chi connectivity index (χ1v) is 6.39. The summed E-state index contributed by atoms with van der Waals surface area (Å²) in [5, 5.41) is 18.1. The van der Waals surface area contributed by atoms with Crippen LogP contribution in [-0.2, 0) is 4.79 Å². The number of carbonyl (C=O) groups is 2. The van der Waals surface area contributed by atoms with Crippen LogP contribution in [-0.4, -0.2) is 64.3 Å². The predicted molar refractivity (Wildman–Crippen MR) is 66.3 cm³/mol. The van der Waals surface area contributed by atoms with E-state index in [4.69, 9.17) is 5.11 Å². The molecule has 18 heavy (non-hydrogen) atoms. The number of aliphatic carboxylic acids is 1. The van der Waals surface area contributed by atoms with Crippen molar-refractivity contribution in [2.45, 2.75) is 32.7 Å². The molecular formula is C12H22N2O4. The summed E-state index contributed by atoms with van der Waals surface area (Å²) in [6, 6.07) is -0.465. The van der Waals surface area contributed by atoms with Gasteiger partial charge in [0, 0.05) is 13.1 Å². The summed E-state index contributed by atoms with van der Waals surface area (Å²) < 4.78 is 0. The Labute approximate surface area is 107 Å². The van der Waals surface area contributed by atoms with Crippen molar-refractivity contribution in [1.29, 1.82) is 0 Å². The van der Waals surface area contributed by atoms with E-state index in [0.717, 1.165) is 6.42 Å². The molecule has 6 nitrogen and oxygen atoms in total. The Kier molecular flexibility index (Phi) is 5.40. The molecule has 2 atom stereocenters. The molecule has 0 spiro atoms. The summed E-state index contributed by atoms with van der Waals surface area (Å²) in [5.74, 6) is -0.753. The molecule has 0 aromatic rings. The Morgan fingerprint density at radius 2 is 2.11 bits per heavy atom. The van der Waals surface area contributed by atoms with Gasteiger partial charge in [-0.2, -0.15) is 0 Å². The van der Waals surface area contributed by atoms with E-state index in [2.05, 4.69) is 0 Å².